The maximum absolute atomic E-state index is 4.66. The second-order valence-corrected chi connectivity index (χ2v) is 7.95. The van der Waals surface area contributed by atoms with Crippen LogP contribution < -0.4 is 4.90 Å². The highest BCUT2D eigenvalue weighted by Crippen LogP contribution is 2.27. The van der Waals surface area contributed by atoms with Crippen LogP contribution in [0.1, 0.15) is 5.82 Å². The first-order valence-corrected chi connectivity index (χ1v) is 10.0. The Labute approximate surface area is 169 Å². The molecule has 0 saturated carbocycles. The van der Waals surface area contributed by atoms with Gasteiger partial charge in [0.2, 0.25) is 0 Å². The molecule has 0 spiro atoms. The summed E-state index contributed by atoms with van der Waals surface area (Å²) in [6, 6.07) is 19.0. The topological polar surface area (TPSA) is 32.3 Å². The van der Waals surface area contributed by atoms with E-state index in [9.17, 15) is 0 Å². The van der Waals surface area contributed by atoms with Gasteiger partial charge < -0.3 is 9.80 Å². The predicted octanol–water partition coefficient (Wildman–Crippen LogP) is 4.63. The minimum Gasteiger partial charge on any atom is -0.369 e. The van der Waals surface area contributed by atoms with Crippen LogP contribution in [0.2, 0.25) is 0 Å². The lowest BCUT2D eigenvalue weighted by Crippen LogP contribution is -2.44. The van der Waals surface area contributed by atoms with Crippen LogP contribution in [0.4, 0.5) is 5.69 Å². The second-order valence-electron chi connectivity index (χ2n) is 7.03. The number of aromatic nitrogens is 2. The SMILES string of the molecule is Cc1nc(-c2ccc(Br)cc2)cc(-c2ccc(N3CCN(C)CC3)cc2)n1. The smallest absolute Gasteiger partial charge is 0.126 e. The van der Waals surface area contributed by atoms with E-state index in [4.69, 9.17) is 0 Å². The highest BCUT2D eigenvalue weighted by atomic mass is 79.9. The van der Waals surface area contributed by atoms with E-state index in [1.54, 1.807) is 0 Å². The molecule has 3 aromatic rings. The van der Waals surface area contributed by atoms with Gasteiger partial charge in [-0.15, -0.1) is 0 Å². The molecule has 1 aliphatic rings. The molecule has 4 nitrogen and oxygen atoms in total. The van der Waals surface area contributed by atoms with Gasteiger partial charge in [0, 0.05) is 47.5 Å². The van der Waals surface area contributed by atoms with Gasteiger partial charge >= 0.3 is 0 Å². The maximum atomic E-state index is 4.66. The molecule has 27 heavy (non-hydrogen) atoms. The number of halogens is 1. The van der Waals surface area contributed by atoms with Gasteiger partial charge in [-0.25, -0.2) is 9.97 Å². The molecule has 1 saturated heterocycles. The summed E-state index contributed by atoms with van der Waals surface area (Å²) in [6.45, 7) is 6.34. The Bertz CT molecular complexity index is 914. The van der Waals surface area contributed by atoms with Gasteiger partial charge in [-0.05, 0) is 44.3 Å². The summed E-state index contributed by atoms with van der Waals surface area (Å²) >= 11 is 3.49. The minimum atomic E-state index is 0.786. The van der Waals surface area contributed by atoms with E-state index in [-0.39, 0.29) is 0 Å². The number of anilines is 1. The third kappa shape index (κ3) is 4.20. The summed E-state index contributed by atoms with van der Waals surface area (Å²) in [7, 11) is 2.18. The van der Waals surface area contributed by atoms with Crippen molar-refractivity contribution in [3.05, 3.63) is 64.9 Å². The summed E-state index contributed by atoms with van der Waals surface area (Å²) in [4.78, 5) is 14.1. The van der Waals surface area contributed by atoms with Crippen molar-refractivity contribution in [3.63, 3.8) is 0 Å². The second kappa shape index (κ2) is 7.79. The van der Waals surface area contributed by atoms with Crippen molar-refractivity contribution >= 4 is 21.6 Å². The van der Waals surface area contributed by atoms with Crippen LogP contribution in [0.5, 0.6) is 0 Å². The number of benzene rings is 2. The van der Waals surface area contributed by atoms with Crippen molar-refractivity contribution in [2.75, 3.05) is 38.1 Å². The summed E-state index contributed by atoms with van der Waals surface area (Å²) in [5.41, 5.74) is 5.42. The molecule has 0 aliphatic carbocycles. The highest BCUT2D eigenvalue weighted by molar-refractivity contribution is 9.10. The molecule has 0 atom stereocenters. The van der Waals surface area contributed by atoms with Gasteiger partial charge in [-0.1, -0.05) is 40.2 Å². The van der Waals surface area contributed by atoms with E-state index >= 15 is 0 Å². The largest absolute Gasteiger partial charge is 0.369 e. The Morgan fingerprint density at radius 3 is 1.85 bits per heavy atom. The molecule has 0 amide bonds. The van der Waals surface area contributed by atoms with Gasteiger partial charge in [0.1, 0.15) is 5.82 Å². The molecule has 1 aliphatic heterocycles. The van der Waals surface area contributed by atoms with Gasteiger partial charge in [0.05, 0.1) is 11.4 Å². The van der Waals surface area contributed by atoms with Crippen LogP contribution in [0.3, 0.4) is 0 Å². The number of likely N-dealkylation sites (N-methyl/N-ethyl adjacent to an activating group) is 1. The summed E-state index contributed by atoms with van der Waals surface area (Å²) in [5, 5.41) is 0. The number of hydrogen-bond donors (Lipinski definition) is 0. The van der Waals surface area contributed by atoms with E-state index in [1.807, 2.05) is 19.1 Å². The lowest BCUT2D eigenvalue weighted by molar-refractivity contribution is 0.313. The molecule has 0 radical (unpaired) electrons. The van der Waals surface area contributed by atoms with Crippen molar-refractivity contribution in [1.82, 2.24) is 14.9 Å². The van der Waals surface area contributed by atoms with Gasteiger partial charge in [-0.3, -0.25) is 0 Å². The number of piperazine rings is 1. The molecule has 0 N–H and O–H groups in total. The molecule has 5 heteroatoms. The molecular formula is C22H23BrN4. The molecule has 2 heterocycles. The fraction of sp³-hybridized carbons (Fsp3) is 0.273. The van der Waals surface area contributed by atoms with Crippen LogP contribution in [0, 0.1) is 6.92 Å². The fourth-order valence-electron chi connectivity index (χ4n) is 3.39. The van der Waals surface area contributed by atoms with Crippen molar-refractivity contribution in [1.29, 1.82) is 0 Å². The highest BCUT2D eigenvalue weighted by Gasteiger charge is 2.14. The van der Waals surface area contributed by atoms with Crippen LogP contribution in [0.15, 0.2) is 59.1 Å². The molecule has 4 rings (SSSR count). The van der Waals surface area contributed by atoms with Crippen LogP contribution in [-0.2, 0) is 0 Å². The first-order valence-electron chi connectivity index (χ1n) is 9.24. The van der Waals surface area contributed by atoms with E-state index in [0.29, 0.717) is 0 Å². The number of hydrogen-bond acceptors (Lipinski definition) is 4. The standard InChI is InChI=1S/C22H23BrN4/c1-16-24-21(17-3-7-19(23)8-4-17)15-22(25-16)18-5-9-20(10-6-18)27-13-11-26(2)12-14-27/h3-10,15H,11-14H2,1-2H3. The van der Waals surface area contributed by atoms with Crippen molar-refractivity contribution < 1.29 is 0 Å². The average molecular weight is 423 g/mol. The third-order valence-electron chi connectivity index (χ3n) is 5.01. The lowest BCUT2D eigenvalue weighted by Gasteiger charge is -2.34. The average Bonchev–Trinajstić information content (AvgIpc) is 2.69. The Morgan fingerprint density at radius 2 is 1.30 bits per heavy atom. The molecular weight excluding hydrogens is 400 g/mol. The molecule has 0 unspecified atom stereocenters. The zero-order chi connectivity index (χ0) is 18.8. The van der Waals surface area contributed by atoms with E-state index < -0.39 is 0 Å². The van der Waals surface area contributed by atoms with E-state index in [0.717, 1.165) is 59.0 Å². The van der Waals surface area contributed by atoms with Gasteiger partial charge in [0.15, 0.2) is 0 Å². The zero-order valence-corrected chi connectivity index (χ0v) is 17.3. The molecule has 0 bridgehead atoms. The lowest BCUT2D eigenvalue weighted by atomic mass is 10.1. The Kier molecular flexibility index (Phi) is 5.23. The zero-order valence-electron chi connectivity index (χ0n) is 15.7. The normalized spacial score (nSPS) is 15.1. The fourth-order valence-corrected chi connectivity index (χ4v) is 3.66. The quantitative estimate of drug-likeness (QED) is 0.615. The number of nitrogens with zero attached hydrogens (tertiary/aromatic N) is 4. The van der Waals surface area contributed by atoms with Crippen LogP contribution in [-0.4, -0.2) is 48.1 Å². The predicted molar refractivity (Wildman–Crippen MR) is 115 cm³/mol. The number of rotatable bonds is 3. The first kappa shape index (κ1) is 18.1. The summed E-state index contributed by atoms with van der Waals surface area (Å²) in [5.74, 6) is 0.786. The third-order valence-corrected chi connectivity index (χ3v) is 5.54. The molecule has 1 aromatic heterocycles. The van der Waals surface area contributed by atoms with Crippen molar-refractivity contribution in [2.24, 2.45) is 0 Å². The van der Waals surface area contributed by atoms with Crippen LogP contribution >= 0.6 is 15.9 Å². The molecule has 2 aromatic carbocycles. The summed E-state index contributed by atoms with van der Waals surface area (Å²) < 4.78 is 1.07. The Hall–Kier alpha value is -2.24. The first-order chi connectivity index (χ1) is 13.1. The van der Waals surface area contributed by atoms with Crippen molar-refractivity contribution in [3.8, 4) is 22.5 Å². The Balaban J connectivity index is 1.60. The van der Waals surface area contributed by atoms with Gasteiger partial charge in [0.25, 0.3) is 0 Å². The monoisotopic (exact) mass is 422 g/mol. The molecule has 138 valence electrons. The molecule has 1 fully saturated rings. The van der Waals surface area contributed by atoms with Crippen LogP contribution in [0.25, 0.3) is 22.5 Å². The van der Waals surface area contributed by atoms with Crippen molar-refractivity contribution in [2.45, 2.75) is 6.92 Å². The maximum Gasteiger partial charge on any atom is 0.126 e. The summed E-state index contributed by atoms with van der Waals surface area (Å²) in [6.07, 6.45) is 0. The Morgan fingerprint density at radius 1 is 0.778 bits per heavy atom. The number of aryl methyl sites for hydroxylation is 1. The van der Waals surface area contributed by atoms with E-state index in [2.05, 4.69) is 85.2 Å². The minimum absolute atomic E-state index is 0.786. The van der Waals surface area contributed by atoms with E-state index in [1.165, 1.54) is 5.69 Å². The van der Waals surface area contributed by atoms with Gasteiger partial charge in [-0.2, -0.15) is 0 Å².